The highest BCUT2D eigenvalue weighted by Gasteiger charge is 2.23. The van der Waals surface area contributed by atoms with Crippen molar-refractivity contribution in [3.8, 4) is 0 Å². The van der Waals surface area contributed by atoms with E-state index in [9.17, 15) is 4.79 Å². The van der Waals surface area contributed by atoms with Gasteiger partial charge in [-0.15, -0.1) is 0 Å². The average Bonchev–Trinajstić information content (AvgIpc) is 2.60. The highest BCUT2D eigenvalue weighted by Crippen LogP contribution is 2.17. The summed E-state index contributed by atoms with van der Waals surface area (Å²) in [5.41, 5.74) is 2.50. The third-order valence-electron chi connectivity index (χ3n) is 5.09. The van der Waals surface area contributed by atoms with Gasteiger partial charge < -0.3 is 15.4 Å². The number of rotatable bonds is 5. The number of hydrogen-bond acceptors (Lipinski definition) is 4. The van der Waals surface area contributed by atoms with E-state index in [4.69, 9.17) is 4.74 Å². The van der Waals surface area contributed by atoms with Gasteiger partial charge in [0.1, 0.15) is 0 Å². The maximum absolute atomic E-state index is 12.4. The van der Waals surface area contributed by atoms with Crippen LogP contribution in [0.3, 0.4) is 0 Å². The van der Waals surface area contributed by atoms with Gasteiger partial charge in [0.15, 0.2) is 0 Å². The summed E-state index contributed by atoms with van der Waals surface area (Å²) in [5, 5.41) is 6.43. The molecule has 0 aromatic heterocycles. The van der Waals surface area contributed by atoms with Crippen LogP contribution in [0.4, 0.5) is 0 Å². The van der Waals surface area contributed by atoms with Crippen molar-refractivity contribution in [2.45, 2.75) is 64.4 Å². The molecule has 2 aliphatic rings. The van der Waals surface area contributed by atoms with Crippen LogP contribution in [0.1, 0.15) is 44.2 Å². The molecule has 0 bridgehead atoms. The lowest BCUT2D eigenvalue weighted by Crippen LogP contribution is -2.46. The van der Waals surface area contributed by atoms with E-state index >= 15 is 0 Å². The first-order valence-corrected chi connectivity index (χ1v) is 9.57. The minimum Gasteiger partial charge on any atom is -0.373 e. The predicted molar refractivity (Wildman–Crippen MR) is 99.2 cm³/mol. The van der Waals surface area contributed by atoms with Crippen LogP contribution in [0.2, 0.25) is 0 Å². The zero-order valence-electron chi connectivity index (χ0n) is 15.5. The van der Waals surface area contributed by atoms with Gasteiger partial charge in [-0.3, -0.25) is 9.69 Å². The molecule has 5 nitrogen and oxygen atoms in total. The van der Waals surface area contributed by atoms with E-state index in [0.717, 1.165) is 39.0 Å². The van der Waals surface area contributed by atoms with Gasteiger partial charge in [0.25, 0.3) is 0 Å². The Morgan fingerprint density at radius 3 is 2.60 bits per heavy atom. The van der Waals surface area contributed by atoms with Crippen LogP contribution >= 0.6 is 0 Å². The van der Waals surface area contributed by atoms with Crippen molar-refractivity contribution in [3.63, 3.8) is 0 Å². The van der Waals surface area contributed by atoms with Crippen molar-refractivity contribution >= 4 is 5.91 Å². The average molecular weight is 345 g/mol. The summed E-state index contributed by atoms with van der Waals surface area (Å²) in [7, 11) is 0. The fourth-order valence-corrected chi connectivity index (χ4v) is 3.92. The first-order chi connectivity index (χ1) is 12.1. The van der Waals surface area contributed by atoms with Crippen LogP contribution in [0.15, 0.2) is 24.3 Å². The van der Waals surface area contributed by atoms with E-state index in [2.05, 4.69) is 53.6 Å². The Morgan fingerprint density at radius 1 is 1.20 bits per heavy atom. The van der Waals surface area contributed by atoms with Crippen molar-refractivity contribution in [1.29, 1.82) is 0 Å². The molecule has 25 heavy (non-hydrogen) atoms. The smallest absolute Gasteiger partial charge is 0.237 e. The third kappa shape index (κ3) is 5.27. The molecule has 0 radical (unpaired) electrons. The number of nitrogens with one attached hydrogen (secondary N) is 2. The van der Waals surface area contributed by atoms with Crippen LogP contribution in [-0.2, 0) is 22.6 Å². The summed E-state index contributed by atoms with van der Waals surface area (Å²) in [4.78, 5) is 14.8. The lowest BCUT2D eigenvalue weighted by atomic mass is 10.0. The lowest BCUT2D eigenvalue weighted by molar-refractivity contribution is -0.123. The second-order valence-corrected chi connectivity index (χ2v) is 7.44. The Balaban J connectivity index is 1.57. The highest BCUT2D eigenvalue weighted by atomic mass is 16.5. The van der Waals surface area contributed by atoms with Gasteiger partial charge >= 0.3 is 0 Å². The number of benzene rings is 1. The molecule has 0 aliphatic carbocycles. The first-order valence-electron chi connectivity index (χ1n) is 9.57. The predicted octanol–water partition coefficient (Wildman–Crippen LogP) is 2.05. The standard InChI is InChI=1S/C20H31N3O2/c1-15-12-23(13-16(2)25-15)14-18-8-4-3-7-17(18)11-22-20(24)19-9-5-6-10-21-19/h3-4,7-8,15-16,19,21H,5-6,9-14H2,1-2H3,(H,22,24)/t15?,16?,19-/m1/s1. The van der Waals surface area contributed by atoms with Gasteiger partial charge in [-0.1, -0.05) is 30.7 Å². The zero-order chi connectivity index (χ0) is 17.6. The van der Waals surface area contributed by atoms with E-state index < -0.39 is 0 Å². The topological polar surface area (TPSA) is 53.6 Å². The van der Waals surface area contributed by atoms with Crippen molar-refractivity contribution in [3.05, 3.63) is 35.4 Å². The van der Waals surface area contributed by atoms with E-state index in [1.807, 2.05) is 0 Å². The van der Waals surface area contributed by atoms with Crippen LogP contribution in [0.5, 0.6) is 0 Å². The summed E-state index contributed by atoms with van der Waals surface area (Å²) in [6.45, 7) is 8.63. The SMILES string of the molecule is CC1CN(Cc2ccccc2CNC(=O)[C@H]2CCCCN2)CC(C)O1. The van der Waals surface area contributed by atoms with Gasteiger partial charge in [-0.2, -0.15) is 0 Å². The Morgan fingerprint density at radius 2 is 1.92 bits per heavy atom. The molecule has 3 rings (SSSR count). The molecule has 5 heteroatoms. The first kappa shape index (κ1) is 18.4. The number of amides is 1. The number of carbonyl (C=O) groups excluding carboxylic acids is 1. The molecular formula is C20H31N3O2. The van der Waals surface area contributed by atoms with Crippen LogP contribution < -0.4 is 10.6 Å². The third-order valence-corrected chi connectivity index (χ3v) is 5.09. The molecule has 1 aromatic carbocycles. The van der Waals surface area contributed by atoms with Crippen molar-refractivity contribution in [2.24, 2.45) is 0 Å². The fourth-order valence-electron chi connectivity index (χ4n) is 3.92. The molecule has 2 fully saturated rings. The minimum atomic E-state index is -0.0261. The molecule has 0 spiro atoms. The Labute approximate surface area is 151 Å². The fraction of sp³-hybridized carbons (Fsp3) is 0.650. The van der Waals surface area contributed by atoms with Crippen LogP contribution in [0, 0.1) is 0 Å². The summed E-state index contributed by atoms with van der Waals surface area (Å²) >= 11 is 0. The molecule has 2 unspecified atom stereocenters. The number of morpholine rings is 1. The van der Waals surface area contributed by atoms with Gasteiger partial charge in [0, 0.05) is 26.2 Å². The number of ether oxygens (including phenoxy) is 1. The molecule has 3 atom stereocenters. The molecule has 0 saturated carbocycles. The minimum absolute atomic E-state index is 0.0261. The quantitative estimate of drug-likeness (QED) is 0.858. The molecule has 2 saturated heterocycles. The summed E-state index contributed by atoms with van der Waals surface area (Å²) in [6.07, 6.45) is 3.79. The van der Waals surface area contributed by atoms with E-state index in [-0.39, 0.29) is 24.2 Å². The number of carbonyl (C=O) groups is 1. The van der Waals surface area contributed by atoms with E-state index in [0.29, 0.717) is 6.54 Å². The van der Waals surface area contributed by atoms with Gasteiger partial charge in [0.2, 0.25) is 5.91 Å². The maximum Gasteiger partial charge on any atom is 0.237 e. The molecular weight excluding hydrogens is 314 g/mol. The largest absolute Gasteiger partial charge is 0.373 e. The van der Waals surface area contributed by atoms with Gasteiger partial charge in [-0.25, -0.2) is 0 Å². The van der Waals surface area contributed by atoms with Crippen LogP contribution in [-0.4, -0.2) is 48.7 Å². The monoisotopic (exact) mass is 345 g/mol. The maximum atomic E-state index is 12.4. The van der Waals surface area contributed by atoms with E-state index in [1.165, 1.54) is 17.5 Å². The van der Waals surface area contributed by atoms with Crippen molar-refractivity contribution in [2.75, 3.05) is 19.6 Å². The normalized spacial score (nSPS) is 27.8. The summed E-state index contributed by atoms with van der Waals surface area (Å²) < 4.78 is 5.82. The van der Waals surface area contributed by atoms with Crippen LogP contribution in [0.25, 0.3) is 0 Å². The number of nitrogens with zero attached hydrogens (tertiary/aromatic N) is 1. The van der Waals surface area contributed by atoms with Crippen molar-refractivity contribution in [1.82, 2.24) is 15.5 Å². The van der Waals surface area contributed by atoms with E-state index in [1.54, 1.807) is 0 Å². The molecule has 2 N–H and O–H groups in total. The molecule has 138 valence electrons. The number of piperidine rings is 1. The zero-order valence-corrected chi connectivity index (χ0v) is 15.5. The Kier molecular flexibility index (Phi) is 6.45. The molecule has 1 amide bonds. The molecule has 2 aliphatic heterocycles. The second kappa shape index (κ2) is 8.79. The summed E-state index contributed by atoms with van der Waals surface area (Å²) in [6, 6.07) is 8.40. The Hall–Kier alpha value is -1.43. The van der Waals surface area contributed by atoms with Gasteiger partial charge in [0.05, 0.1) is 18.2 Å². The second-order valence-electron chi connectivity index (χ2n) is 7.44. The Bertz CT molecular complexity index is 562. The number of hydrogen-bond donors (Lipinski definition) is 2. The molecule has 2 heterocycles. The molecule has 1 aromatic rings. The highest BCUT2D eigenvalue weighted by molar-refractivity contribution is 5.81. The van der Waals surface area contributed by atoms with Gasteiger partial charge in [-0.05, 0) is 44.4 Å². The summed E-state index contributed by atoms with van der Waals surface area (Å²) in [5.74, 6) is 0.128. The van der Waals surface area contributed by atoms with Crippen molar-refractivity contribution < 1.29 is 9.53 Å². The lowest BCUT2D eigenvalue weighted by Gasteiger charge is -2.35.